The minimum absolute atomic E-state index is 0.511. The van der Waals surface area contributed by atoms with Crippen LogP contribution in [0.5, 0.6) is 0 Å². The van der Waals surface area contributed by atoms with Crippen LogP contribution in [0.2, 0.25) is 0 Å². The van der Waals surface area contributed by atoms with Gasteiger partial charge in [0.25, 0.3) is 0 Å². The number of hydrogen-bond acceptors (Lipinski definition) is 6. The van der Waals surface area contributed by atoms with Gasteiger partial charge in [-0.2, -0.15) is 9.97 Å². The number of aromatic nitrogens is 4. The predicted molar refractivity (Wildman–Crippen MR) is 103 cm³/mol. The van der Waals surface area contributed by atoms with E-state index in [0.717, 1.165) is 11.3 Å². The molecule has 0 aliphatic heterocycles. The van der Waals surface area contributed by atoms with Crippen LogP contribution in [0.25, 0.3) is 11.2 Å². The van der Waals surface area contributed by atoms with Crippen molar-refractivity contribution in [2.75, 3.05) is 10.6 Å². The van der Waals surface area contributed by atoms with Crippen LogP contribution in [0.4, 0.5) is 17.5 Å². The van der Waals surface area contributed by atoms with Gasteiger partial charge in [-0.3, -0.25) is 0 Å². The first-order chi connectivity index (χ1) is 12.8. The molecule has 0 radical (unpaired) electrons. The standard InChI is InChI=1S/C20H18N6/c1-14-7-9-16(10-8-14)24-19-17-18(22-12-11-21-17)25-20(26-19)23-13-15-5-3-2-4-6-15/h2-12H,13H2,1H3,(H2,22,23,24,25,26). The lowest BCUT2D eigenvalue weighted by Gasteiger charge is -2.11. The van der Waals surface area contributed by atoms with E-state index in [1.54, 1.807) is 12.4 Å². The number of nitrogens with zero attached hydrogens (tertiary/aromatic N) is 4. The highest BCUT2D eigenvalue weighted by atomic mass is 15.2. The van der Waals surface area contributed by atoms with Crippen LogP contribution in [0.3, 0.4) is 0 Å². The Bertz CT molecular complexity index is 1020. The first-order valence-corrected chi connectivity index (χ1v) is 8.38. The first kappa shape index (κ1) is 16.0. The summed E-state index contributed by atoms with van der Waals surface area (Å²) in [6, 6.07) is 18.2. The Balaban J connectivity index is 1.65. The second kappa shape index (κ2) is 7.14. The van der Waals surface area contributed by atoms with Gasteiger partial charge in [-0.1, -0.05) is 48.0 Å². The van der Waals surface area contributed by atoms with E-state index >= 15 is 0 Å². The maximum Gasteiger partial charge on any atom is 0.227 e. The Hall–Kier alpha value is -3.54. The summed E-state index contributed by atoms with van der Waals surface area (Å²) in [4.78, 5) is 17.8. The van der Waals surface area contributed by atoms with Crippen molar-refractivity contribution >= 4 is 28.6 Å². The lowest BCUT2D eigenvalue weighted by Crippen LogP contribution is -2.07. The number of hydrogen-bond donors (Lipinski definition) is 2. The average molecular weight is 342 g/mol. The highest BCUT2D eigenvalue weighted by Gasteiger charge is 2.10. The van der Waals surface area contributed by atoms with Crippen molar-refractivity contribution in [3.05, 3.63) is 78.1 Å². The molecule has 0 aliphatic rings. The second-order valence-electron chi connectivity index (χ2n) is 5.95. The quantitative estimate of drug-likeness (QED) is 0.569. The van der Waals surface area contributed by atoms with E-state index in [1.807, 2.05) is 42.5 Å². The summed E-state index contributed by atoms with van der Waals surface area (Å²) in [5.41, 5.74) is 4.48. The number of rotatable bonds is 5. The second-order valence-corrected chi connectivity index (χ2v) is 5.95. The zero-order chi connectivity index (χ0) is 17.8. The van der Waals surface area contributed by atoms with Crippen molar-refractivity contribution in [1.29, 1.82) is 0 Å². The fourth-order valence-electron chi connectivity index (χ4n) is 2.58. The van der Waals surface area contributed by atoms with E-state index < -0.39 is 0 Å². The molecule has 0 bridgehead atoms. The molecular formula is C20H18N6. The van der Waals surface area contributed by atoms with Crippen LogP contribution in [-0.4, -0.2) is 19.9 Å². The molecule has 6 heteroatoms. The van der Waals surface area contributed by atoms with Gasteiger partial charge in [-0.05, 0) is 24.6 Å². The van der Waals surface area contributed by atoms with E-state index in [0.29, 0.717) is 29.5 Å². The molecule has 4 aromatic rings. The topological polar surface area (TPSA) is 75.6 Å². The van der Waals surface area contributed by atoms with Gasteiger partial charge in [0.05, 0.1) is 0 Å². The van der Waals surface area contributed by atoms with E-state index in [9.17, 15) is 0 Å². The molecule has 6 nitrogen and oxygen atoms in total. The SMILES string of the molecule is Cc1ccc(Nc2nc(NCc3ccccc3)nc3nccnc23)cc1. The fraction of sp³-hybridized carbons (Fsp3) is 0.100. The number of aryl methyl sites for hydroxylation is 1. The van der Waals surface area contributed by atoms with Gasteiger partial charge in [-0.15, -0.1) is 0 Å². The van der Waals surface area contributed by atoms with E-state index in [2.05, 4.69) is 49.6 Å². The third-order valence-corrected chi connectivity index (χ3v) is 3.94. The van der Waals surface area contributed by atoms with Crippen LogP contribution in [0.1, 0.15) is 11.1 Å². The van der Waals surface area contributed by atoms with Gasteiger partial charge in [0, 0.05) is 24.6 Å². The highest BCUT2D eigenvalue weighted by molar-refractivity contribution is 5.85. The molecule has 2 N–H and O–H groups in total. The predicted octanol–water partition coefficient (Wildman–Crippen LogP) is 4.08. The normalized spacial score (nSPS) is 10.7. The molecule has 0 amide bonds. The molecule has 0 aliphatic carbocycles. The van der Waals surface area contributed by atoms with Crippen LogP contribution >= 0.6 is 0 Å². The van der Waals surface area contributed by atoms with Crippen molar-refractivity contribution in [1.82, 2.24) is 19.9 Å². The van der Waals surface area contributed by atoms with Crippen molar-refractivity contribution in [3.8, 4) is 0 Å². The van der Waals surface area contributed by atoms with Crippen LogP contribution < -0.4 is 10.6 Å². The Kier molecular flexibility index (Phi) is 4.38. The Morgan fingerprint density at radius 2 is 1.62 bits per heavy atom. The molecule has 0 fully saturated rings. The van der Waals surface area contributed by atoms with Gasteiger partial charge in [0.15, 0.2) is 17.0 Å². The number of anilines is 3. The Labute approximate surface area is 151 Å². The molecule has 4 rings (SSSR count). The van der Waals surface area contributed by atoms with Gasteiger partial charge in [-0.25, -0.2) is 9.97 Å². The summed E-state index contributed by atoms with van der Waals surface area (Å²) < 4.78 is 0. The molecule has 2 aromatic heterocycles. The summed E-state index contributed by atoms with van der Waals surface area (Å²) in [5, 5.41) is 6.58. The minimum Gasteiger partial charge on any atom is -0.350 e. The molecular weight excluding hydrogens is 324 g/mol. The lowest BCUT2D eigenvalue weighted by atomic mass is 10.2. The van der Waals surface area contributed by atoms with Gasteiger partial charge in [0.2, 0.25) is 5.95 Å². The van der Waals surface area contributed by atoms with Crippen molar-refractivity contribution < 1.29 is 0 Å². The zero-order valence-corrected chi connectivity index (χ0v) is 14.3. The lowest BCUT2D eigenvalue weighted by molar-refractivity contribution is 1.06. The van der Waals surface area contributed by atoms with E-state index in [1.165, 1.54) is 5.56 Å². The first-order valence-electron chi connectivity index (χ1n) is 8.38. The average Bonchev–Trinajstić information content (AvgIpc) is 2.69. The van der Waals surface area contributed by atoms with Crippen LogP contribution in [0, 0.1) is 6.92 Å². The summed E-state index contributed by atoms with van der Waals surface area (Å²) in [7, 11) is 0. The van der Waals surface area contributed by atoms with Gasteiger partial charge < -0.3 is 10.6 Å². The summed E-state index contributed by atoms with van der Waals surface area (Å²) in [6.07, 6.45) is 3.27. The van der Waals surface area contributed by atoms with Crippen molar-refractivity contribution in [2.24, 2.45) is 0 Å². The molecule has 0 saturated heterocycles. The fourth-order valence-corrected chi connectivity index (χ4v) is 2.58. The number of benzene rings is 2. The molecule has 26 heavy (non-hydrogen) atoms. The van der Waals surface area contributed by atoms with E-state index in [4.69, 9.17) is 0 Å². The molecule has 0 saturated carbocycles. The third kappa shape index (κ3) is 3.59. The third-order valence-electron chi connectivity index (χ3n) is 3.94. The molecule has 0 unspecified atom stereocenters. The molecule has 2 aromatic carbocycles. The number of nitrogens with one attached hydrogen (secondary N) is 2. The maximum atomic E-state index is 4.60. The largest absolute Gasteiger partial charge is 0.350 e. The monoisotopic (exact) mass is 342 g/mol. The van der Waals surface area contributed by atoms with Gasteiger partial charge >= 0.3 is 0 Å². The minimum atomic E-state index is 0.511. The highest BCUT2D eigenvalue weighted by Crippen LogP contribution is 2.22. The molecule has 2 heterocycles. The number of fused-ring (bicyclic) bond motifs is 1. The summed E-state index contributed by atoms with van der Waals surface area (Å²) in [6.45, 7) is 2.69. The van der Waals surface area contributed by atoms with Crippen LogP contribution in [-0.2, 0) is 6.54 Å². The van der Waals surface area contributed by atoms with Crippen molar-refractivity contribution in [2.45, 2.75) is 13.5 Å². The van der Waals surface area contributed by atoms with Gasteiger partial charge in [0.1, 0.15) is 0 Å². The zero-order valence-electron chi connectivity index (χ0n) is 14.3. The Morgan fingerprint density at radius 1 is 0.846 bits per heavy atom. The summed E-state index contributed by atoms with van der Waals surface area (Å²) in [5.74, 6) is 1.14. The molecule has 0 atom stereocenters. The molecule has 0 spiro atoms. The summed E-state index contributed by atoms with van der Waals surface area (Å²) >= 11 is 0. The maximum absolute atomic E-state index is 4.60. The Morgan fingerprint density at radius 3 is 2.42 bits per heavy atom. The molecule has 128 valence electrons. The van der Waals surface area contributed by atoms with Crippen molar-refractivity contribution in [3.63, 3.8) is 0 Å². The smallest absolute Gasteiger partial charge is 0.227 e. The van der Waals surface area contributed by atoms with E-state index in [-0.39, 0.29) is 0 Å². The van der Waals surface area contributed by atoms with Crippen LogP contribution in [0.15, 0.2) is 67.0 Å².